The van der Waals surface area contributed by atoms with Gasteiger partial charge in [0, 0.05) is 0 Å². The maximum absolute atomic E-state index is 5.53. The van der Waals surface area contributed by atoms with Crippen LogP contribution >= 0.6 is 15.9 Å². The standard InChI is InChI=1S/C12H15BrOSi/c1-15(2,3)10-6-9-14-12-8-5-4-7-11(12)13/h4-5,7-8H,9H2,1-3H3. The Balaban J connectivity index is 2.51. The van der Waals surface area contributed by atoms with Gasteiger partial charge in [0.2, 0.25) is 0 Å². The Morgan fingerprint density at radius 1 is 1.27 bits per heavy atom. The van der Waals surface area contributed by atoms with Gasteiger partial charge in [0.1, 0.15) is 20.4 Å². The predicted octanol–water partition coefficient (Wildman–Crippen LogP) is 3.71. The minimum absolute atomic E-state index is 0.465. The molecule has 80 valence electrons. The van der Waals surface area contributed by atoms with E-state index in [1.54, 1.807) is 0 Å². The van der Waals surface area contributed by atoms with E-state index in [4.69, 9.17) is 4.74 Å². The molecule has 0 atom stereocenters. The fourth-order valence-electron chi connectivity index (χ4n) is 0.977. The van der Waals surface area contributed by atoms with Crippen molar-refractivity contribution < 1.29 is 4.74 Å². The molecule has 0 aliphatic carbocycles. The summed E-state index contributed by atoms with van der Waals surface area (Å²) in [6, 6.07) is 7.80. The number of hydrogen-bond acceptors (Lipinski definition) is 1. The molecule has 0 N–H and O–H groups in total. The first-order valence-corrected chi connectivity index (χ1v) is 9.16. The molecule has 0 saturated carbocycles. The molecule has 0 aliphatic rings. The van der Waals surface area contributed by atoms with Crippen LogP contribution < -0.4 is 4.74 Å². The second-order valence-corrected chi connectivity index (χ2v) is 9.88. The summed E-state index contributed by atoms with van der Waals surface area (Å²) in [5.74, 6) is 3.92. The van der Waals surface area contributed by atoms with Crippen molar-refractivity contribution in [2.24, 2.45) is 0 Å². The molecule has 1 nitrogen and oxygen atoms in total. The molecule has 0 unspecified atom stereocenters. The molecule has 1 rings (SSSR count). The summed E-state index contributed by atoms with van der Waals surface area (Å²) in [5.41, 5.74) is 3.26. The summed E-state index contributed by atoms with van der Waals surface area (Å²) in [5, 5.41) is 0. The van der Waals surface area contributed by atoms with E-state index in [0.29, 0.717) is 6.61 Å². The summed E-state index contributed by atoms with van der Waals surface area (Å²) in [6.07, 6.45) is 0. The highest BCUT2D eigenvalue weighted by atomic mass is 79.9. The first kappa shape index (κ1) is 12.3. The zero-order valence-electron chi connectivity index (χ0n) is 9.30. The van der Waals surface area contributed by atoms with Gasteiger partial charge in [-0.05, 0) is 28.1 Å². The zero-order chi connectivity index (χ0) is 11.3. The number of halogens is 1. The van der Waals surface area contributed by atoms with Gasteiger partial charge in [0.25, 0.3) is 0 Å². The van der Waals surface area contributed by atoms with Crippen LogP contribution in [0.25, 0.3) is 0 Å². The Bertz CT molecular complexity index is 385. The largest absolute Gasteiger partial charge is 0.480 e. The molecular weight excluding hydrogens is 268 g/mol. The second-order valence-electron chi connectivity index (χ2n) is 4.27. The van der Waals surface area contributed by atoms with Gasteiger partial charge in [-0.3, -0.25) is 0 Å². The SMILES string of the molecule is C[Si](C)(C)C#CCOc1ccccc1Br. The number of ether oxygens (including phenoxy) is 1. The van der Waals surface area contributed by atoms with Crippen molar-refractivity contribution in [3.05, 3.63) is 28.7 Å². The third kappa shape index (κ3) is 5.05. The van der Waals surface area contributed by atoms with Crippen LogP contribution in [-0.4, -0.2) is 14.7 Å². The van der Waals surface area contributed by atoms with Crippen LogP contribution in [0.3, 0.4) is 0 Å². The normalized spacial score (nSPS) is 10.4. The van der Waals surface area contributed by atoms with Gasteiger partial charge < -0.3 is 4.74 Å². The smallest absolute Gasteiger partial charge is 0.148 e. The van der Waals surface area contributed by atoms with E-state index in [-0.39, 0.29) is 0 Å². The zero-order valence-corrected chi connectivity index (χ0v) is 11.9. The molecule has 0 radical (unpaired) electrons. The number of hydrogen-bond donors (Lipinski definition) is 0. The lowest BCUT2D eigenvalue weighted by Crippen LogP contribution is -2.16. The fourth-order valence-corrected chi connectivity index (χ4v) is 1.98. The lowest BCUT2D eigenvalue weighted by atomic mass is 10.3. The molecular formula is C12H15BrOSi. The lowest BCUT2D eigenvalue weighted by molar-refractivity contribution is 0.368. The van der Waals surface area contributed by atoms with Gasteiger partial charge in [-0.15, -0.1) is 5.54 Å². The highest BCUT2D eigenvalue weighted by molar-refractivity contribution is 9.10. The van der Waals surface area contributed by atoms with E-state index in [2.05, 4.69) is 47.0 Å². The molecule has 0 fully saturated rings. The Morgan fingerprint density at radius 3 is 2.53 bits per heavy atom. The topological polar surface area (TPSA) is 9.23 Å². The summed E-state index contributed by atoms with van der Waals surface area (Å²) in [7, 11) is -1.26. The van der Waals surface area contributed by atoms with Crippen molar-refractivity contribution in [2.45, 2.75) is 19.6 Å². The van der Waals surface area contributed by atoms with Crippen molar-refractivity contribution >= 4 is 24.0 Å². The molecule has 0 aliphatic heterocycles. The van der Waals surface area contributed by atoms with Crippen LogP contribution in [0, 0.1) is 11.5 Å². The summed E-state index contributed by atoms with van der Waals surface area (Å²) >= 11 is 3.42. The Labute approximate surface area is 101 Å². The van der Waals surface area contributed by atoms with E-state index >= 15 is 0 Å². The van der Waals surface area contributed by atoms with Crippen molar-refractivity contribution in [2.75, 3.05) is 6.61 Å². The second kappa shape index (κ2) is 5.39. The molecule has 0 amide bonds. The van der Waals surface area contributed by atoms with Crippen LogP contribution in [0.1, 0.15) is 0 Å². The Hall–Kier alpha value is -0.723. The van der Waals surface area contributed by atoms with Gasteiger partial charge in [0.15, 0.2) is 0 Å². The fraction of sp³-hybridized carbons (Fsp3) is 0.333. The van der Waals surface area contributed by atoms with Gasteiger partial charge in [0.05, 0.1) is 4.47 Å². The van der Waals surface area contributed by atoms with Crippen molar-refractivity contribution in [3.63, 3.8) is 0 Å². The highest BCUT2D eigenvalue weighted by Crippen LogP contribution is 2.23. The first-order chi connectivity index (χ1) is 6.99. The van der Waals surface area contributed by atoms with E-state index in [9.17, 15) is 0 Å². The third-order valence-corrected chi connectivity index (χ3v) is 3.18. The molecule has 0 heterocycles. The molecule has 0 aromatic heterocycles. The molecule has 1 aromatic carbocycles. The van der Waals surface area contributed by atoms with Crippen LogP contribution in [0.15, 0.2) is 28.7 Å². The van der Waals surface area contributed by atoms with Gasteiger partial charge in [-0.25, -0.2) is 0 Å². The maximum atomic E-state index is 5.53. The van der Waals surface area contributed by atoms with Crippen LogP contribution in [-0.2, 0) is 0 Å². The Kier molecular flexibility index (Phi) is 4.43. The van der Waals surface area contributed by atoms with Crippen LogP contribution in [0.2, 0.25) is 19.6 Å². The van der Waals surface area contributed by atoms with E-state index in [1.165, 1.54) is 0 Å². The molecule has 1 aromatic rings. The maximum Gasteiger partial charge on any atom is 0.148 e. The van der Waals surface area contributed by atoms with Crippen LogP contribution in [0.4, 0.5) is 0 Å². The van der Waals surface area contributed by atoms with E-state index in [0.717, 1.165) is 10.2 Å². The minimum atomic E-state index is -1.26. The molecule has 3 heteroatoms. The third-order valence-electron chi connectivity index (χ3n) is 1.60. The first-order valence-electron chi connectivity index (χ1n) is 4.86. The van der Waals surface area contributed by atoms with Crippen molar-refractivity contribution in [3.8, 4) is 17.2 Å². The summed E-state index contributed by atoms with van der Waals surface area (Å²) in [6.45, 7) is 7.13. The Morgan fingerprint density at radius 2 is 1.93 bits per heavy atom. The highest BCUT2D eigenvalue weighted by Gasteiger charge is 2.07. The van der Waals surface area contributed by atoms with Crippen LogP contribution in [0.5, 0.6) is 5.75 Å². The molecule has 0 spiro atoms. The monoisotopic (exact) mass is 282 g/mol. The van der Waals surface area contributed by atoms with E-state index < -0.39 is 8.07 Å². The summed E-state index contributed by atoms with van der Waals surface area (Å²) in [4.78, 5) is 0. The van der Waals surface area contributed by atoms with Gasteiger partial charge >= 0.3 is 0 Å². The number of benzene rings is 1. The quantitative estimate of drug-likeness (QED) is 0.594. The average molecular weight is 283 g/mol. The number of rotatable bonds is 2. The average Bonchev–Trinajstić information content (AvgIpc) is 2.13. The number of para-hydroxylation sites is 1. The van der Waals surface area contributed by atoms with Crippen molar-refractivity contribution in [1.82, 2.24) is 0 Å². The van der Waals surface area contributed by atoms with Gasteiger partial charge in [-0.1, -0.05) is 37.7 Å². The van der Waals surface area contributed by atoms with E-state index in [1.807, 2.05) is 24.3 Å². The molecule has 0 saturated heterocycles. The lowest BCUT2D eigenvalue weighted by Gasteiger charge is -2.05. The molecule has 0 bridgehead atoms. The summed E-state index contributed by atoms with van der Waals surface area (Å²) < 4.78 is 6.51. The van der Waals surface area contributed by atoms with Crippen molar-refractivity contribution in [1.29, 1.82) is 0 Å². The van der Waals surface area contributed by atoms with Gasteiger partial charge in [-0.2, -0.15) is 0 Å². The minimum Gasteiger partial charge on any atom is -0.480 e. The predicted molar refractivity (Wildman–Crippen MR) is 70.8 cm³/mol. The molecule has 15 heavy (non-hydrogen) atoms.